The van der Waals surface area contributed by atoms with Crippen LogP contribution in [0.1, 0.15) is 25.5 Å². The minimum absolute atomic E-state index is 0.0503. The maximum Gasteiger partial charge on any atom is 0.337 e. The molecule has 0 spiro atoms. The van der Waals surface area contributed by atoms with Crippen molar-refractivity contribution in [2.75, 3.05) is 0 Å². The van der Waals surface area contributed by atoms with Gasteiger partial charge in [-0.2, -0.15) is 0 Å². The fourth-order valence-electron chi connectivity index (χ4n) is 3.44. The third-order valence-electron chi connectivity index (χ3n) is 4.92. The van der Waals surface area contributed by atoms with Gasteiger partial charge in [-0.05, 0) is 38.1 Å². The van der Waals surface area contributed by atoms with Crippen molar-refractivity contribution in [2.24, 2.45) is 0 Å². The first-order valence-corrected chi connectivity index (χ1v) is 9.31. The van der Waals surface area contributed by atoms with Crippen molar-refractivity contribution in [1.82, 2.24) is 18.7 Å². The lowest BCUT2D eigenvalue weighted by Crippen LogP contribution is -2.41. The molecule has 4 aromatic rings. The Kier molecular flexibility index (Phi) is 5.00. The van der Waals surface area contributed by atoms with E-state index >= 15 is 0 Å². The second kappa shape index (κ2) is 7.53. The summed E-state index contributed by atoms with van der Waals surface area (Å²) >= 11 is 0. The molecule has 0 aliphatic carbocycles. The van der Waals surface area contributed by atoms with E-state index in [0.29, 0.717) is 0 Å². The van der Waals surface area contributed by atoms with Crippen molar-refractivity contribution in [3.63, 3.8) is 0 Å². The van der Waals surface area contributed by atoms with Crippen LogP contribution in [0, 0.1) is 23.3 Å². The molecule has 0 amide bonds. The van der Waals surface area contributed by atoms with Crippen LogP contribution in [0.3, 0.4) is 0 Å². The first-order chi connectivity index (χ1) is 14.7. The maximum atomic E-state index is 14.2. The molecule has 2 heterocycles. The number of aromatic nitrogens is 4. The third kappa shape index (κ3) is 3.33. The number of imidazole rings is 1. The Hall–Kier alpha value is -3.69. The molecule has 0 unspecified atom stereocenters. The first kappa shape index (κ1) is 20.6. The van der Waals surface area contributed by atoms with Gasteiger partial charge < -0.3 is 4.57 Å². The quantitative estimate of drug-likeness (QED) is 0.464. The van der Waals surface area contributed by atoms with Gasteiger partial charge in [0.05, 0.1) is 18.6 Å². The van der Waals surface area contributed by atoms with Gasteiger partial charge >= 0.3 is 5.69 Å². The molecule has 4 rings (SSSR count). The zero-order valence-electron chi connectivity index (χ0n) is 16.4. The highest BCUT2D eigenvalue weighted by molar-refractivity contribution is 5.72. The molecule has 2 aromatic heterocycles. The smallest absolute Gasteiger partial charge is 0.320 e. The highest BCUT2D eigenvalue weighted by atomic mass is 19.2. The average Bonchev–Trinajstić information content (AvgIpc) is 3.11. The number of halogens is 4. The second-order valence-electron chi connectivity index (χ2n) is 7.23. The number of fused-ring (bicyclic) bond motifs is 1. The zero-order chi connectivity index (χ0) is 22.4. The molecule has 160 valence electrons. The fraction of sp³-hybridized carbons (Fsp3) is 0.190. The summed E-state index contributed by atoms with van der Waals surface area (Å²) in [4.78, 5) is 30.2. The maximum absolute atomic E-state index is 14.2. The van der Waals surface area contributed by atoms with E-state index in [4.69, 9.17) is 0 Å². The summed E-state index contributed by atoms with van der Waals surface area (Å²) in [5.41, 5.74) is -2.12. The van der Waals surface area contributed by atoms with E-state index in [1.54, 1.807) is 13.8 Å². The Bertz CT molecular complexity index is 1420. The summed E-state index contributed by atoms with van der Waals surface area (Å²) in [5, 5.41) is 0. The Labute approximate surface area is 172 Å². The van der Waals surface area contributed by atoms with Crippen LogP contribution in [0.2, 0.25) is 0 Å². The minimum Gasteiger partial charge on any atom is -0.320 e. The van der Waals surface area contributed by atoms with E-state index < -0.39 is 40.6 Å². The van der Waals surface area contributed by atoms with Gasteiger partial charge in [0.1, 0.15) is 11.6 Å². The second-order valence-corrected chi connectivity index (χ2v) is 7.23. The molecule has 31 heavy (non-hydrogen) atoms. The predicted octanol–water partition coefficient (Wildman–Crippen LogP) is 3.53. The number of nitrogens with zero attached hydrogens (tertiary/aromatic N) is 4. The van der Waals surface area contributed by atoms with Crippen LogP contribution in [0.5, 0.6) is 0 Å². The molecule has 0 saturated carbocycles. The van der Waals surface area contributed by atoms with Crippen LogP contribution >= 0.6 is 0 Å². The molecule has 0 N–H and O–H groups in total. The van der Waals surface area contributed by atoms with Gasteiger partial charge in [0.2, 0.25) is 0 Å². The van der Waals surface area contributed by atoms with E-state index in [-0.39, 0.29) is 29.0 Å². The molecule has 10 heteroatoms. The molecular formula is C21H16F4N4O2. The summed E-state index contributed by atoms with van der Waals surface area (Å²) in [6.07, 6.45) is 1.17. The molecule has 0 bridgehead atoms. The summed E-state index contributed by atoms with van der Waals surface area (Å²) in [6.45, 7) is 2.83. The van der Waals surface area contributed by atoms with Crippen molar-refractivity contribution in [1.29, 1.82) is 0 Å². The SMILES string of the molecule is CC(C)n1c(=O)c2c(ncn2Cc2c(F)cccc2F)n(-c2ccc(F)c(F)c2)c1=O. The van der Waals surface area contributed by atoms with E-state index in [0.717, 1.165) is 33.4 Å². The van der Waals surface area contributed by atoms with E-state index in [1.165, 1.54) is 23.0 Å². The molecule has 0 radical (unpaired) electrons. The van der Waals surface area contributed by atoms with Gasteiger partial charge in [-0.1, -0.05) is 6.07 Å². The summed E-state index contributed by atoms with van der Waals surface area (Å²) in [6, 6.07) is 5.62. The van der Waals surface area contributed by atoms with Crippen LogP contribution in [0.15, 0.2) is 52.3 Å². The topological polar surface area (TPSA) is 61.8 Å². The predicted molar refractivity (Wildman–Crippen MR) is 105 cm³/mol. The van der Waals surface area contributed by atoms with Crippen molar-refractivity contribution >= 4 is 11.2 Å². The van der Waals surface area contributed by atoms with Crippen LogP contribution in [-0.4, -0.2) is 18.7 Å². The van der Waals surface area contributed by atoms with Crippen molar-refractivity contribution in [2.45, 2.75) is 26.4 Å². The fourth-order valence-corrected chi connectivity index (χ4v) is 3.44. The van der Waals surface area contributed by atoms with Crippen molar-refractivity contribution < 1.29 is 17.6 Å². The van der Waals surface area contributed by atoms with Gasteiger partial charge in [-0.25, -0.2) is 31.9 Å². The molecule has 0 atom stereocenters. The van der Waals surface area contributed by atoms with Gasteiger partial charge in [-0.3, -0.25) is 9.36 Å². The molecule has 2 aromatic carbocycles. The molecule has 0 aliphatic rings. The third-order valence-corrected chi connectivity index (χ3v) is 4.92. The van der Waals surface area contributed by atoms with Gasteiger partial charge in [-0.15, -0.1) is 0 Å². The normalized spacial score (nSPS) is 11.6. The van der Waals surface area contributed by atoms with Gasteiger partial charge in [0.25, 0.3) is 5.56 Å². The lowest BCUT2D eigenvalue weighted by molar-refractivity contribution is 0.506. The molecule has 6 nitrogen and oxygen atoms in total. The Morgan fingerprint density at radius 3 is 2.23 bits per heavy atom. The zero-order valence-corrected chi connectivity index (χ0v) is 16.4. The summed E-state index contributed by atoms with van der Waals surface area (Å²) in [5.74, 6) is -3.90. The van der Waals surface area contributed by atoms with Crippen LogP contribution < -0.4 is 11.2 Å². The summed E-state index contributed by atoms with van der Waals surface area (Å²) in [7, 11) is 0. The largest absolute Gasteiger partial charge is 0.337 e. The van der Waals surface area contributed by atoms with Gasteiger partial charge in [0, 0.05) is 17.7 Å². The van der Waals surface area contributed by atoms with Crippen LogP contribution in [0.25, 0.3) is 16.9 Å². The number of hydrogen-bond acceptors (Lipinski definition) is 3. The van der Waals surface area contributed by atoms with E-state index in [9.17, 15) is 27.2 Å². The lowest BCUT2D eigenvalue weighted by Gasteiger charge is -2.15. The molecule has 0 aliphatic heterocycles. The monoisotopic (exact) mass is 432 g/mol. The number of rotatable bonds is 4. The van der Waals surface area contributed by atoms with Crippen LogP contribution in [-0.2, 0) is 6.54 Å². The van der Waals surface area contributed by atoms with E-state index in [1.807, 2.05) is 0 Å². The Morgan fingerprint density at radius 2 is 1.61 bits per heavy atom. The number of benzene rings is 2. The molecule has 0 saturated heterocycles. The van der Waals surface area contributed by atoms with Crippen molar-refractivity contribution in [3.8, 4) is 5.69 Å². The molecule has 0 fully saturated rings. The first-order valence-electron chi connectivity index (χ1n) is 9.31. The van der Waals surface area contributed by atoms with Gasteiger partial charge in [0.15, 0.2) is 22.8 Å². The van der Waals surface area contributed by atoms with Crippen LogP contribution in [0.4, 0.5) is 17.6 Å². The summed E-state index contributed by atoms with van der Waals surface area (Å²) < 4.78 is 58.7. The highest BCUT2D eigenvalue weighted by Crippen LogP contribution is 2.19. The average molecular weight is 432 g/mol. The lowest BCUT2D eigenvalue weighted by atomic mass is 10.2. The number of hydrogen-bond donors (Lipinski definition) is 0. The minimum atomic E-state index is -1.19. The Morgan fingerprint density at radius 1 is 0.935 bits per heavy atom. The standard InChI is InChI=1S/C21H16F4N4O2/c1-11(2)28-20(30)18-19(29(21(28)31)12-6-7-16(24)17(25)8-12)26-10-27(18)9-13-14(22)4-3-5-15(13)23/h3-8,10-11H,9H2,1-2H3. The van der Waals surface area contributed by atoms with Crippen molar-refractivity contribution in [3.05, 3.63) is 92.4 Å². The highest BCUT2D eigenvalue weighted by Gasteiger charge is 2.22. The van der Waals surface area contributed by atoms with E-state index in [2.05, 4.69) is 4.98 Å². The molecular weight excluding hydrogens is 416 g/mol. The Balaban J connectivity index is 2.05.